The predicted molar refractivity (Wildman–Crippen MR) is 96.3 cm³/mol. The lowest BCUT2D eigenvalue weighted by atomic mass is 9.97. The van der Waals surface area contributed by atoms with Crippen LogP contribution in [0.25, 0.3) is 0 Å². The standard InChI is InChI=1S/C17H14BrF2NO.C2H6/c1-10-6-14(2-3-16(10)18)21-5-4-15(17(21)22)11-7-12(19)9-13(20)8-11;1-2/h2-3,6-9,15H,4-5H2,1H3;1-2H3. The van der Waals surface area contributed by atoms with E-state index in [4.69, 9.17) is 0 Å². The van der Waals surface area contributed by atoms with E-state index >= 15 is 0 Å². The fraction of sp³-hybridized carbons (Fsp3) is 0.316. The van der Waals surface area contributed by atoms with Crippen LogP contribution in [0.2, 0.25) is 0 Å². The monoisotopic (exact) mass is 395 g/mol. The molecule has 128 valence electrons. The molecule has 0 aliphatic carbocycles. The van der Waals surface area contributed by atoms with Gasteiger partial charge in [0.05, 0.1) is 5.92 Å². The molecule has 0 N–H and O–H groups in total. The molecule has 1 unspecified atom stereocenters. The van der Waals surface area contributed by atoms with E-state index in [9.17, 15) is 13.6 Å². The number of rotatable bonds is 2. The Morgan fingerprint density at radius 1 is 1.08 bits per heavy atom. The van der Waals surface area contributed by atoms with Gasteiger partial charge in [-0.1, -0.05) is 29.8 Å². The number of nitrogens with zero attached hydrogens (tertiary/aromatic N) is 1. The van der Waals surface area contributed by atoms with Gasteiger partial charge in [-0.05, 0) is 54.8 Å². The van der Waals surface area contributed by atoms with Crippen molar-refractivity contribution in [2.45, 2.75) is 33.1 Å². The molecule has 1 amide bonds. The molecule has 0 spiro atoms. The van der Waals surface area contributed by atoms with E-state index in [0.29, 0.717) is 18.5 Å². The molecule has 2 aromatic carbocycles. The second kappa shape index (κ2) is 7.88. The third kappa shape index (κ3) is 3.83. The largest absolute Gasteiger partial charge is 0.312 e. The van der Waals surface area contributed by atoms with Crippen molar-refractivity contribution in [3.8, 4) is 0 Å². The fourth-order valence-corrected chi connectivity index (χ4v) is 3.07. The highest BCUT2D eigenvalue weighted by atomic mass is 79.9. The fourth-order valence-electron chi connectivity index (χ4n) is 2.82. The zero-order chi connectivity index (χ0) is 17.9. The van der Waals surface area contributed by atoms with Gasteiger partial charge in [0.1, 0.15) is 11.6 Å². The Morgan fingerprint density at radius 3 is 2.29 bits per heavy atom. The van der Waals surface area contributed by atoms with Crippen LogP contribution in [0.15, 0.2) is 40.9 Å². The van der Waals surface area contributed by atoms with E-state index in [1.54, 1.807) is 4.90 Å². The number of halogens is 3. The zero-order valence-electron chi connectivity index (χ0n) is 13.9. The Kier molecular flexibility index (Phi) is 6.10. The van der Waals surface area contributed by atoms with Crippen molar-refractivity contribution >= 4 is 27.5 Å². The van der Waals surface area contributed by atoms with Gasteiger partial charge in [0.25, 0.3) is 0 Å². The van der Waals surface area contributed by atoms with E-state index in [1.165, 1.54) is 12.1 Å². The van der Waals surface area contributed by atoms with Gasteiger partial charge in [0.15, 0.2) is 0 Å². The minimum Gasteiger partial charge on any atom is -0.312 e. The van der Waals surface area contributed by atoms with Crippen LogP contribution in [0.1, 0.15) is 37.3 Å². The van der Waals surface area contributed by atoms with Crippen LogP contribution in [-0.2, 0) is 4.79 Å². The summed E-state index contributed by atoms with van der Waals surface area (Å²) >= 11 is 3.43. The highest BCUT2D eigenvalue weighted by Gasteiger charge is 2.34. The molecule has 2 aromatic rings. The van der Waals surface area contributed by atoms with Gasteiger partial charge >= 0.3 is 0 Å². The summed E-state index contributed by atoms with van der Waals surface area (Å²) in [5, 5.41) is 0. The van der Waals surface area contributed by atoms with Crippen molar-refractivity contribution < 1.29 is 13.6 Å². The number of amides is 1. The quantitative estimate of drug-likeness (QED) is 0.649. The van der Waals surface area contributed by atoms with Gasteiger partial charge in [0.2, 0.25) is 5.91 Å². The van der Waals surface area contributed by atoms with Gasteiger partial charge in [0, 0.05) is 22.8 Å². The van der Waals surface area contributed by atoms with Gasteiger partial charge in [-0.25, -0.2) is 8.78 Å². The lowest BCUT2D eigenvalue weighted by molar-refractivity contribution is -0.118. The number of anilines is 1. The summed E-state index contributed by atoms with van der Waals surface area (Å²) in [6.45, 7) is 6.50. The minimum absolute atomic E-state index is 0.119. The van der Waals surface area contributed by atoms with Crippen LogP contribution in [0.5, 0.6) is 0 Å². The average molecular weight is 396 g/mol. The third-order valence-electron chi connectivity index (χ3n) is 3.95. The summed E-state index contributed by atoms with van der Waals surface area (Å²) in [7, 11) is 0. The summed E-state index contributed by atoms with van der Waals surface area (Å²) in [4.78, 5) is 14.3. The van der Waals surface area contributed by atoms with Crippen molar-refractivity contribution in [3.05, 3.63) is 63.6 Å². The molecule has 1 fully saturated rings. The molecule has 24 heavy (non-hydrogen) atoms. The van der Waals surface area contributed by atoms with Crippen LogP contribution in [0.4, 0.5) is 14.5 Å². The number of benzene rings is 2. The molecule has 5 heteroatoms. The molecular formula is C19H20BrF2NO. The van der Waals surface area contributed by atoms with Crippen LogP contribution in [0, 0.1) is 18.6 Å². The molecule has 0 saturated carbocycles. The maximum Gasteiger partial charge on any atom is 0.234 e. The van der Waals surface area contributed by atoms with E-state index in [-0.39, 0.29) is 5.91 Å². The van der Waals surface area contributed by atoms with Crippen LogP contribution in [0.3, 0.4) is 0 Å². The first-order chi connectivity index (χ1) is 11.5. The van der Waals surface area contributed by atoms with Gasteiger partial charge in [-0.3, -0.25) is 4.79 Å². The number of carbonyl (C=O) groups is 1. The SMILES string of the molecule is CC.Cc1cc(N2CCC(c3cc(F)cc(F)c3)C2=O)ccc1Br. The molecule has 1 atom stereocenters. The van der Waals surface area contributed by atoms with E-state index in [0.717, 1.165) is 21.8 Å². The lowest BCUT2D eigenvalue weighted by Gasteiger charge is -2.18. The Morgan fingerprint density at radius 2 is 1.71 bits per heavy atom. The van der Waals surface area contributed by atoms with E-state index < -0.39 is 17.6 Å². The van der Waals surface area contributed by atoms with Crippen LogP contribution >= 0.6 is 15.9 Å². The second-order valence-corrected chi connectivity index (χ2v) is 6.32. The Hall–Kier alpha value is -1.75. The average Bonchev–Trinajstić information content (AvgIpc) is 2.93. The first kappa shape index (κ1) is 18.6. The van der Waals surface area contributed by atoms with Gasteiger partial charge in [-0.2, -0.15) is 0 Å². The summed E-state index contributed by atoms with van der Waals surface area (Å²) in [6, 6.07) is 8.98. The second-order valence-electron chi connectivity index (χ2n) is 5.47. The maximum atomic E-state index is 13.4. The Labute approximate surface area is 149 Å². The van der Waals surface area contributed by atoms with Crippen molar-refractivity contribution in [1.82, 2.24) is 0 Å². The topological polar surface area (TPSA) is 20.3 Å². The molecule has 2 nitrogen and oxygen atoms in total. The van der Waals surface area contributed by atoms with Crippen molar-refractivity contribution in [2.24, 2.45) is 0 Å². The number of aryl methyl sites for hydroxylation is 1. The normalized spacial score (nSPS) is 16.8. The first-order valence-corrected chi connectivity index (χ1v) is 8.78. The van der Waals surface area contributed by atoms with Gasteiger partial charge < -0.3 is 4.90 Å². The predicted octanol–water partition coefficient (Wildman–Crippen LogP) is 5.58. The minimum atomic E-state index is -0.652. The third-order valence-corrected chi connectivity index (χ3v) is 4.84. The maximum absolute atomic E-state index is 13.4. The molecule has 0 aromatic heterocycles. The number of hydrogen-bond donors (Lipinski definition) is 0. The molecule has 3 rings (SSSR count). The zero-order valence-corrected chi connectivity index (χ0v) is 15.5. The van der Waals surface area contributed by atoms with Gasteiger partial charge in [-0.15, -0.1) is 0 Å². The lowest BCUT2D eigenvalue weighted by Crippen LogP contribution is -2.26. The molecule has 0 bridgehead atoms. The molecule has 1 saturated heterocycles. The number of hydrogen-bond acceptors (Lipinski definition) is 1. The van der Waals surface area contributed by atoms with Crippen molar-refractivity contribution in [2.75, 3.05) is 11.4 Å². The highest BCUT2D eigenvalue weighted by Crippen LogP contribution is 2.34. The van der Waals surface area contributed by atoms with Crippen molar-refractivity contribution in [3.63, 3.8) is 0 Å². The first-order valence-electron chi connectivity index (χ1n) is 7.99. The Bertz CT molecular complexity index is 728. The van der Waals surface area contributed by atoms with Crippen molar-refractivity contribution in [1.29, 1.82) is 0 Å². The Balaban J connectivity index is 0.00000100. The molecular weight excluding hydrogens is 376 g/mol. The molecule has 1 aliphatic heterocycles. The molecule has 0 radical (unpaired) electrons. The molecule has 1 aliphatic rings. The number of carbonyl (C=O) groups excluding carboxylic acids is 1. The van der Waals surface area contributed by atoms with Crippen LogP contribution in [-0.4, -0.2) is 12.5 Å². The van der Waals surface area contributed by atoms with Crippen LogP contribution < -0.4 is 4.90 Å². The summed E-state index contributed by atoms with van der Waals surface area (Å²) in [5.74, 6) is -1.91. The molecule has 1 heterocycles. The highest BCUT2D eigenvalue weighted by molar-refractivity contribution is 9.10. The summed E-state index contributed by atoms with van der Waals surface area (Å²) in [6.07, 6.45) is 0.552. The van der Waals surface area contributed by atoms with E-state index in [1.807, 2.05) is 39.0 Å². The smallest absolute Gasteiger partial charge is 0.234 e. The summed E-state index contributed by atoms with van der Waals surface area (Å²) in [5.41, 5.74) is 2.24. The summed E-state index contributed by atoms with van der Waals surface area (Å²) < 4.78 is 27.7. The van der Waals surface area contributed by atoms with E-state index in [2.05, 4.69) is 15.9 Å².